The third kappa shape index (κ3) is 8.47. The van der Waals surface area contributed by atoms with E-state index in [9.17, 15) is 14.4 Å². The number of rotatable bonds is 11. The highest BCUT2D eigenvalue weighted by atomic mass is 16.5. The molecule has 5 aromatic rings. The minimum atomic E-state index is -0.520. The molecule has 4 aromatic carbocycles. The molecule has 216 valence electrons. The van der Waals surface area contributed by atoms with Gasteiger partial charge in [0.2, 0.25) is 0 Å². The summed E-state index contributed by atoms with van der Waals surface area (Å²) in [6.45, 7) is 0.482. The van der Waals surface area contributed by atoms with Gasteiger partial charge in [0.15, 0.2) is 5.78 Å². The number of nitrogens with one attached hydrogen (secondary N) is 2. The zero-order valence-electron chi connectivity index (χ0n) is 23.7. The largest absolute Gasteiger partial charge is 0.489 e. The van der Waals surface area contributed by atoms with Gasteiger partial charge in [-0.3, -0.25) is 19.4 Å². The number of ether oxygens (including phenoxy) is 1. The summed E-state index contributed by atoms with van der Waals surface area (Å²) in [6, 6.07) is 36.1. The molecule has 0 atom stereocenters. The van der Waals surface area contributed by atoms with Gasteiger partial charge in [-0.1, -0.05) is 72.8 Å². The van der Waals surface area contributed by atoms with Crippen LogP contribution in [-0.2, 0) is 11.4 Å². The number of carbonyl (C=O) groups is 3. The molecule has 7 nitrogen and oxygen atoms in total. The van der Waals surface area contributed by atoms with Crippen LogP contribution in [0.15, 0.2) is 145 Å². The van der Waals surface area contributed by atoms with E-state index in [-0.39, 0.29) is 11.5 Å². The summed E-state index contributed by atoms with van der Waals surface area (Å²) < 4.78 is 5.82. The predicted molar refractivity (Wildman–Crippen MR) is 172 cm³/mol. The number of allylic oxidation sites excluding steroid dienone is 1. The fraction of sp³-hybridized carbons (Fsp3) is 0.0270. The number of ketones is 1. The SMILES string of the molecule is O=C(Nc1ccc(C(=O)/C=C/c2ccc(OCc3ccccc3)cc2)cc1)/C(=C/c1cccnc1)NC(=O)c1ccccc1. The topological polar surface area (TPSA) is 97.4 Å². The molecule has 0 fully saturated rings. The molecule has 0 aliphatic heterocycles. The molecule has 1 aromatic heterocycles. The number of pyridine rings is 1. The van der Waals surface area contributed by atoms with Crippen molar-refractivity contribution >= 4 is 35.4 Å². The normalized spacial score (nSPS) is 11.1. The second-order valence-electron chi connectivity index (χ2n) is 9.74. The highest BCUT2D eigenvalue weighted by Gasteiger charge is 2.15. The molecule has 0 saturated carbocycles. The number of carbonyl (C=O) groups excluding carboxylic acids is 3. The number of benzene rings is 4. The van der Waals surface area contributed by atoms with E-state index in [1.807, 2.05) is 54.6 Å². The average molecular weight is 580 g/mol. The van der Waals surface area contributed by atoms with E-state index < -0.39 is 11.8 Å². The van der Waals surface area contributed by atoms with Gasteiger partial charge in [0, 0.05) is 29.2 Å². The highest BCUT2D eigenvalue weighted by Crippen LogP contribution is 2.17. The van der Waals surface area contributed by atoms with Gasteiger partial charge in [0.05, 0.1) is 0 Å². The molecule has 0 aliphatic carbocycles. The Morgan fingerprint density at radius 3 is 2.09 bits per heavy atom. The lowest BCUT2D eigenvalue weighted by Gasteiger charge is -2.11. The van der Waals surface area contributed by atoms with Crippen LogP contribution in [0.5, 0.6) is 5.75 Å². The van der Waals surface area contributed by atoms with Crippen LogP contribution in [-0.4, -0.2) is 22.6 Å². The minimum absolute atomic E-state index is 0.0476. The van der Waals surface area contributed by atoms with Gasteiger partial charge in [-0.05, 0) is 83.4 Å². The van der Waals surface area contributed by atoms with Crippen molar-refractivity contribution in [3.05, 3.63) is 173 Å². The summed E-state index contributed by atoms with van der Waals surface area (Å²) in [5, 5.41) is 5.48. The number of amides is 2. The monoisotopic (exact) mass is 579 g/mol. The first-order valence-electron chi connectivity index (χ1n) is 13.9. The molecule has 7 heteroatoms. The number of hydrogen-bond acceptors (Lipinski definition) is 5. The maximum absolute atomic E-state index is 13.2. The fourth-order valence-corrected chi connectivity index (χ4v) is 4.17. The van der Waals surface area contributed by atoms with E-state index in [4.69, 9.17) is 4.74 Å². The predicted octanol–water partition coefficient (Wildman–Crippen LogP) is 6.97. The molecular weight excluding hydrogens is 550 g/mol. The van der Waals surface area contributed by atoms with Gasteiger partial charge in [-0.25, -0.2) is 0 Å². The van der Waals surface area contributed by atoms with Crippen molar-refractivity contribution in [3.63, 3.8) is 0 Å². The third-order valence-corrected chi connectivity index (χ3v) is 6.51. The van der Waals surface area contributed by atoms with Gasteiger partial charge in [-0.15, -0.1) is 0 Å². The molecule has 2 N–H and O–H groups in total. The quantitative estimate of drug-likeness (QED) is 0.130. The summed E-state index contributed by atoms with van der Waals surface area (Å²) in [5.74, 6) is -0.376. The maximum atomic E-state index is 13.2. The molecule has 0 bridgehead atoms. The molecule has 0 unspecified atom stereocenters. The number of aromatic nitrogens is 1. The van der Waals surface area contributed by atoms with E-state index >= 15 is 0 Å². The number of hydrogen-bond donors (Lipinski definition) is 2. The Labute approximate surface area is 255 Å². The van der Waals surface area contributed by atoms with Gasteiger partial charge >= 0.3 is 0 Å². The lowest BCUT2D eigenvalue weighted by molar-refractivity contribution is -0.113. The summed E-state index contributed by atoms with van der Waals surface area (Å²) in [5.41, 5.74) is 3.99. The zero-order valence-corrected chi connectivity index (χ0v) is 23.7. The van der Waals surface area contributed by atoms with Crippen molar-refractivity contribution in [2.45, 2.75) is 6.61 Å². The van der Waals surface area contributed by atoms with Crippen molar-refractivity contribution in [2.75, 3.05) is 5.32 Å². The van der Waals surface area contributed by atoms with Crippen LogP contribution in [0.4, 0.5) is 5.69 Å². The molecule has 44 heavy (non-hydrogen) atoms. The lowest BCUT2D eigenvalue weighted by Crippen LogP contribution is -2.30. The summed E-state index contributed by atoms with van der Waals surface area (Å²) in [7, 11) is 0. The lowest BCUT2D eigenvalue weighted by atomic mass is 10.1. The third-order valence-electron chi connectivity index (χ3n) is 6.51. The molecule has 0 saturated heterocycles. The van der Waals surface area contributed by atoms with E-state index in [1.165, 1.54) is 6.08 Å². The van der Waals surface area contributed by atoms with Crippen LogP contribution < -0.4 is 15.4 Å². The van der Waals surface area contributed by atoms with Crippen molar-refractivity contribution in [1.29, 1.82) is 0 Å². The molecule has 0 aliphatic rings. The van der Waals surface area contributed by atoms with E-state index in [1.54, 1.807) is 91.3 Å². The van der Waals surface area contributed by atoms with Crippen LogP contribution in [0.2, 0.25) is 0 Å². The van der Waals surface area contributed by atoms with Gasteiger partial charge in [-0.2, -0.15) is 0 Å². The first-order chi connectivity index (χ1) is 21.5. The molecule has 0 spiro atoms. The first-order valence-corrected chi connectivity index (χ1v) is 13.9. The van der Waals surface area contributed by atoms with Gasteiger partial charge in [0.1, 0.15) is 18.1 Å². The van der Waals surface area contributed by atoms with Crippen LogP contribution in [0.1, 0.15) is 37.4 Å². The highest BCUT2D eigenvalue weighted by molar-refractivity contribution is 6.11. The summed E-state index contributed by atoms with van der Waals surface area (Å²) in [6.07, 6.45) is 8.00. The van der Waals surface area contributed by atoms with Crippen LogP contribution in [0.25, 0.3) is 12.2 Å². The minimum Gasteiger partial charge on any atom is -0.489 e. The van der Waals surface area contributed by atoms with Crippen LogP contribution in [0.3, 0.4) is 0 Å². The molecule has 0 radical (unpaired) electrons. The van der Waals surface area contributed by atoms with Crippen molar-refractivity contribution in [1.82, 2.24) is 10.3 Å². The van der Waals surface area contributed by atoms with Gasteiger partial charge < -0.3 is 15.4 Å². The Hall–Kier alpha value is -6.08. The van der Waals surface area contributed by atoms with Gasteiger partial charge in [0.25, 0.3) is 11.8 Å². The van der Waals surface area contributed by atoms with E-state index in [0.717, 1.165) is 16.9 Å². The Balaban J connectivity index is 1.20. The average Bonchev–Trinajstić information content (AvgIpc) is 3.08. The standard InChI is InChI=1S/C37H29N3O4/c41-35(22-15-27-13-20-33(21-14-27)44-26-28-8-3-1-4-9-28)30-16-18-32(19-17-30)39-37(43)34(24-29-10-7-23-38-25-29)40-36(42)31-11-5-2-6-12-31/h1-25H,26H2,(H,39,43)(H,40,42)/b22-15+,34-24-. The second-order valence-corrected chi connectivity index (χ2v) is 9.74. The van der Waals surface area contributed by atoms with Crippen molar-refractivity contribution in [3.8, 4) is 5.75 Å². The Morgan fingerprint density at radius 1 is 0.705 bits per heavy atom. The molecule has 1 heterocycles. The Morgan fingerprint density at radius 2 is 1.41 bits per heavy atom. The summed E-state index contributed by atoms with van der Waals surface area (Å²) >= 11 is 0. The fourth-order valence-electron chi connectivity index (χ4n) is 4.17. The van der Waals surface area contributed by atoms with Crippen molar-refractivity contribution < 1.29 is 19.1 Å². The van der Waals surface area contributed by atoms with Crippen molar-refractivity contribution in [2.24, 2.45) is 0 Å². The Bertz CT molecular complexity index is 1770. The van der Waals surface area contributed by atoms with E-state index in [2.05, 4.69) is 15.6 Å². The molecular formula is C37H29N3O4. The van der Waals surface area contributed by atoms with Crippen LogP contribution >= 0.6 is 0 Å². The zero-order chi connectivity index (χ0) is 30.6. The summed E-state index contributed by atoms with van der Waals surface area (Å²) in [4.78, 5) is 42.8. The van der Waals surface area contributed by atoms with E-state index in [0.29, 0.717) is 29.0 Å². The Kier molecular flexibility index (Phi) is 9.83. The van der Waals surface area contributed by atoms with Crippen LogP contribution in [0, 0.1) is 0 Å². The molecule has 2 amide bonds. The number of nitrogens with zero attached hydrogens (tertiary/aromatic N) is 1. The smallest absolute Gasteiger partial charge is 0.272 e. The first kappa shape index (κ1) is 29.4. The maximum Gasteiger partial charge on any atom is 0.272 e. The number of anilines is 1. The second kappa shape index (κ2) is 14.7. The molecule has 5 rings (SSSR count).